The van der Waals surface area contributed by atoms with Crippen molar-refractivity contribution in [2.75, 3.05) is 49.3 Å². The summed E-state index contributed by atoms with van der Waals surface area (Å²) in [7, 11) is 6.60. The van der Waals surface area contributed by atoms with E-state index in [1.54, 1.807) is 57.0 Å². The lowest BCUT2D eigenvalue weighted by atomic mass is 9.83. The van der Waals surface area contributed by atoms with Gasteiger partial charge in [0.1, 0.15) is 23.6 Å². The maximum absolute atomic E-state index is 14.5. The average Bonchev–Trinajstić information content (AvgIpc) is 3.94. The molecule has 0 bridgehead atoms. The third kappa shape index (κ3) is 8.74. The lowest BCUT2D eigenvalue weighted by Gasteiger charge is -2.37. The second kappa shape index (κ2) is 19.3. The van der Waals surface area contributed by atoms with Gasteiger partial charge in [-0.05, 0) is 64.5 Å². The lowest BCUT2D eigenvalue weighted by Crippen LogP contribution is -2.54. The van der Waals surface area contributed by atoms with Crippen LogP contribution < -0.4 is 31.6 Å². The van der Waals surface area contributed by atoms with Gasteiger partial charge in [0, 0.05) is 46.9 Å². The van der Waals surface area contributed by atoms with Crippen LogP contribution in [0.5, 0.6) is 11.5 Å². The Balaban J connectivity index is 1.29. The highest BCUT2D eigenvalue weighted by atomic mass is 33.1. The Morgan fingerprint density at radius 3 is 1.33 bits per heavy atom. The lowest BCUT2D eigenvalue weighted by molar-refractivity contribution is -0.124. The van der Waals surface area contributed by atoms with Crippen LogP contribution >= 0.6 is 43.2 Å². The summed E-state index contributed by atoms with van der Waals surface area (Å²) in [5, 5.41) is 5.76. The normalized spacial score (nSPS) is 17.8. The van der Waals surface area contributed by atoms with Gasteiger partial charge in [-0.1, -0.05) is 43.2 Å². The molecule has 0 aliphatic carbocycles. The number of hydrogen-bond donors (Lipinski definition) is 4. The highest BCUT2D eigenvalue weighted by Gasteiger charge is 2.48. The Morgan fingerprint density at radius 1 is 0.638 bits per heavy atom. The Kier molecular flexibility index (Phi) is 14.4. The van der Waals surface area contributed by atoms with Gasteiger partial charge in [0.15, 0.2) is 0 Å². The molecule has 0 saturated carbocycles. The molecule has 0 radical (unpaired) electrons. The number of carbonyl (C=O) groups excluding carboxylic acids is 8. The minimum atomic E-state index is -1.37. The van der Waals surface area contributed by atoms with E-state index in [0.717, 1.165) is 32.8 Å². The second-order valence-electron chi connectivity index (χ2n) is 14.1. The molecule has 2 fully saturated rings. The van der Waals surface area contributed by atoms with Crippen molar-refractivity contribution in [3.8, 4) is 11.5 Å². The number of nitrogens with zero attached hydrogens (tertiary/aromatic N) is 2. The fraction of sp³-hybridized carbons (Fsp3) is 0.526. The summed E-state index contributed by atoms with van der Waals surface area (Å²) in [5.74, 6) is -2.84. The monoisotopic (exact) mass is 874 g/mol. The predicted octanol–water partition coefficient (Wildman–Crippen LogP) is 3.13. The molecule has 20 heteroatoms. The number of carbonyl (C=O) groups is 8. The zero-order chi connectivity index (χ0) is 41.7. The molecule has 2 atom stereocenters. The van der Waals surface area contributed by atoms with Crippen molar-refractivity contribution in [2.45, 2.75) is 64.5 Å². The molecule has 312 valence electrons. The molecule has 6 rings (SSSR count). The molecule has 16 nitrogen and oxygen atoms in total. The number of nitrogens with one attached hydrogen (secondary N) is 2. The van der Waals surface area contributed by atoms with Crippen molar-refractivity contribution < 1.29 is 47.8 Å². The molecular formula is C38H46N6O10S4. The number of primary amides is 2. The molecule has 58 heavy (non-hydrogen) atoms. The SMILES string of the molecule is CCOc1cc2c3c(c(OCC)cc4c3c1C(=O)N([C@@H](CCCCNC(=O)C1CSSC1)C(N)=O)C4=O)C(=O)N([C@@H](CCCCNC(=O)C1CSSC1)C(N)=O)C2=O. The van der Waals surface area contributed by atoms with Crippen LogP contribution in [0.15, 0.2) is 12.1 Å². The molecule has 0 spiro atoms. The summed E-state index contributed by atoms with van der Waals surface area (Å²) in [6, 6.07) is -0.145. The van der Waals surface area contributed by atoms with E-state index in [1.165, 1.54) is 12.1 Å². The molecule has 6 N–H and O–H groups in total. The Morgan fingerprint density at radius 2 is 1.00 bits per heavy atom. The molecular weight excluding hydrogens is 829 g/mol. The van der Waals surface area contributed by atoms with Crippen LogP contribution in [-0.2, 0) is 19.2 Å². The fourth-order valence-electron chi connectivity index (χ4n) is 7.49. The number of rotatable bonds is 20. The maximum Gasteiger partial charge on any atom is 0.265 e. The van der Waals surface area contributed by atoms with Crippen LogP contribution in [0.25, 0.3) is 10.8 Å². The average molecular weight is 875 g/mol. The zero-order valence-electron chi connectivity index (χ0n) is 32.1. The number of amides is 8. The van der Waals surface area contributed by atoms with Gasteiger partial charge in [-0.3, -0.25) is 48.2 Å². The van der Waals surface area contributed by atoms with Crippen LogP contribution in [0, 0.1) is 11.8 Å². The molecule has 4 heterocycles. The van der Waals surface area contributed by atoms with Crippen molar-refractivity contribution in [3.05, 3.63) is 34.4 Å². The van der Waals surface area contributed by atoms with Gasteiger partial charge in [0.2, 0.25) is 23.6 Å². The maximum atomic E-state index is 14.5. The zero-order valence-corrected chi connectivity index (χ0v) is 35.4. The number of nitrogens with two attached hydrogens (primary N) is 2. The minimum absolute atomic E-state index is 0.0143. The summed E-state index contributed by atoms with van der Waals surface area (Å²) < 4.78 is 11.8. The molecule has 4 aliphatic heterocycles. The Labute approximate surface area is 350 Å². The largest absolute Gasteiger partial charge is 0.493 e. The first-order chi connectivity index (χ1) is 27.9. The summed E-state index contributed by atoms with van der Waals surface area (Å²) >= 11 is 0. The molecule has 2 aromatic rings. The number of hydrogen-bond acceptors (Lipinski definition) is 14. The standard InChI is InChI=1S/C38H46N6O10S4/c1-3-53-25-13-21-28-27-22(36(50)43(37(51)29(25)27)23(31(39)45)9-5-7-11-41-33(47)19-15-55-56-16-19)14-26(54-4-2)30(28)38(52)44(35(21)49)24(32(40)46)10-6-8-12-42-34(48)20-17-57-58-18-20/h13-14,19-20,23-24H,3-12,15-18H2,1-2H3,(H2,39,45)(H2,40,46)(H,41,47)(H,42,48)/t23-,24-/m0/s1. The van der Waals surface area contributed by atoms with Crippen LogP contribution in [0.4, 0.5) is 0 Å². The highest BCUT2D eigenvalue weighted by molar-refractivity contribution is 8.77. The first kappa shape index (κ1) is 43.4. The van der Waals surface area contributed by atoms with E-state index in [1.807, 2.05) is 0 Å². The van der Waals surface area contributed by atoms with E-state index in [2.05, 4.69) is 10.6 Å². The first-order valence-electron chi connectivity index (χ1n) is 19.2. The Hall–Kier alpha value is -4.14. The van der Waals surface area contributed by atoms with E-state index in [-0.39, 0.29) is 94.2 Å². The third-order valence-corrected chi connectivity index (χ3v) is 15.5. The van der Waals surface area contributed by atoms with E-state index >= 15 is 0 Å². The van der Waals surface area contributed by atoms with Crippen molar-refractivity contribution in [3.63, 3.8) is 0 Å². The summed E-state index contributed by atoms with van der Waals surface area (Å²) in [5.41, 5.74) is 11.2. The molecule has 8 amide bonds. The van der Waals surface area contributed by atoms with E-state index in [0.29, 0.717) is 38.8 Å². The first-order valence-corrected chi connectivity index (χ1v) is 24.2. The van der Waals surface area contributed by atoms with Gasteiger partial charge in [-0.25, -0.2) is 0 Å². The fourth-order valence-corrected chi connectivity index (χ4v) is 13.0. The molecule has 0 aromatic heterocycles. The third-order valence-electron chi connectivity index (χ3n) is 10.4. The molecule has 2 aromatic carbocycles. The predicted molar refractivity (Wildman–Crippen MR) is 224 cm³/mol. The van der Waals surface area contributed by atoms with Gasteiger partial charge < -0.3 is 31.6 Å². The highest BCUT2D eigenvalue weighted by Crippen LogP contribution is 2.47. The summed E-state index contributed by atoms with van der Waals surface area (Å²) in [6.45, 7) is 4.07. The van der Waals surface area contributed by atoms with E-state index < -0.39 is 47.5 Å². The van der Waals surface area contributed by atoms with Gasteiger partial charge in [-0.2, -0.15) is 0 Å². The van der Waals surface area contributed by atoms with Crippen molar-refractivity contribution in [1.29, 1.82) is 0 Å². The molecule has 4 aliphatic rings. The van der Waals surface area contributed by atoms with Gasteiger partial charge in [0.25, 0.3) is 23.6 Å². The summed E-state index contributed by atoms with van der Waals surface area (Å²) in [6.07, 6.45) is 1.63. The van der Waals surface area contributed by atoms with E-state index in [9.17, 15) is 38.4 Å². The molecule has 0 unspecified atom stereocenters. The van der Waals surface area contributed by atoms with Crippen molar-refractivity contribution in [2.24, 2.45) is 23.3 Å². The topological polar surface area (TPSA) is 238 Å². The quantitative estimate of drug-likeness (QED) is 0.0850. The number of benzene rings is 2. The second-order valence-corrected chi connectivity index (χ2v) is 19.2. The minimum Gasteiger partial charge on any atom is -0.493 e. The number of ether oxygens (including phenoxy) is 2. The van der Waals surface area contributed by atoms with Crippen LogP contribution in [0.2, 0.25) is 0 Å². The van der Waals surface area contributed by atoms with E-state index in [4.69, 9.17) is 20.9 Å². The summed E-state index contributed by atoms with van der Waals surface area (Å²) in [4.78, 5) is 110. The number of imide groups is 2. The van der Waals surface area contributed by atoms with Gasteiger partial charge in [-0.15, -0.1) is 0 Å². The van der Waals surface area contributed by atoms with Crippen LogP contribution in [-0.4, -0.2) is 118 Å². The van der Waals surface area contributed by atoms with Crippen LogP contribution in [0.1, 0.15) is 93.8 Å². The van der Waals surface area contributed by atoms with Gasteiger partial charge in [0.05, 0.1) is 47.3 Å². The van der Waals surface area contributed by atoms with Crippen LogP contribution in [0.3, 0.4) is 0 Å². The van der Waals surface area contributed by atoms with Crippen molar-refractivity contribution in [1.82, 2.24) is 20.4 Å². The van der Waals surface area contributed by atoms with Gasteiger partial charge >= 0.3 is 0 Å². The number of unbranched alkanes of at least 4 members (excludes halogenated alkanes) is 2. The van der Waals surface area contributed by atoms with Crippen molar-refractivity contribution >= 4 is 101 Å². The Bertz CT molecular complexity index is 1880. The smallest absolute Gasteiger partial charge is 0.265 e. The molecule has 2 saturated heterocycles.